The van der Waals surface area contributed by atoms with Gasteiger partial charge in [-0.3, -0.25) is 4.79 Å². The van der Waals surface area contributed by atoms with Crippen molar-refractivity contribution in [2.75, 3.05) is 5.32 Å². The average Bonchev–Trinajstić information content (AvgIpc) is 2.65. The van der Waals surface area contributed by atoms with E-state index >= 15 is 0 Å². The van der Waals surface area contributed by atoms with Crippen molar-refractivity contribution in [3.05, 3.63) is 94.5 Å². The van der Waals surface area contributed by atoms with E-state index in [1.165, 1.54) is 0 Å². The molecule has 138 valence electrons. The number of aryl methyl sites for hydroxylation is 1. The highest BCUT2D eigenvalue weighted by atomic mass is 35.5. The molecule has 0 aromatic heterocycles. The Morgan fingerprint density at radius 2 is 1.70 bits per heavy atom. The van der Waals surface area contributed by atoms with Crippen LogP contribution >= 0.6 is 11.6 Å². The molecule has 0 aliphatic rings. The number of benzene rings is 3. The second-order valence-corrected chi connectivity index (χ2v) is 8.59. The lowest BCUT2D eigenvalue weighted by atomic mass is 10.1. The van der Waals surface area contributed by atoms with Gasteiger partial charge in [-0.2, -0.15) is 0 Å². The van der Waals surface area contributed by atoms with E-state index in [2.05, 4.69) is 5.32 Å². The van der Waals surface area contributed by atoms with Crippen molar-refractivity contribution in [1.29, 1.82) is 0 Å². The molecule has 0 aliphatic heterocycles. The number of carbonyl (C=O) groups is 1. The second kappa shape index (κ2) is 7.94. The summed E-state index contributed by atoms with van der Waals surface area (Å²) in [6.45, 7) is 1.88. The molecule has 0 heterocycles. The van der Waals surface area contributed by atoms with Crippen LogP contribution in [0.3, 0.4) is 0 Å². The lowest BCUT2D eigenvalue weighted by molar-refractivity contribution is 0.102. The Bertz CT molecular complexity index is 1080. The number of hydrogen-bond donors (Lipinski definition) is 1. The van der Waals surface area contributed by atoms with E-state index in [4.69, 9.17) is 11.6 Å². The van der Waals surface area contributed by atoms with E-state index in [-0.39, 0.29) is 16.6 Å². The molecule has 0 unspecified atom stereocenters. The van der Waals surface area contributed by atoms with E-state index in [9.17, 15) is 13.2 Å². The Hall–Kier alpha value is -2.63. The minimum atomic E-state index is -3.47. The molecule has 0 spiro atoms. The van der Waals surface area contributed by atoms with Crippen molar-refractivity contribution in [3.8, 4) is 0 Å². The van der Waals surface area contributed by atoms with Crippen LogP contribution < -0.4 is 5.32 Å². The highest BCUT2D eigenvalue weighted by Gasteiger charge is 2.16. The van der Waals surface area contributed by atoms with Crippen LogP contribution in [0, 0.1) is 6.92 Å². The predicted molar refractivity (Wildman–Crippen MR) is 108 cm³/mol. The standard InChI is InChI=1S/C21H18ClNO3S/c1-15-10-11-18(13-20(15)22)23-21(24)17-7-5-6-16(12-17)14-27(25,26)19-8-3-2-4-9-19/h2-13H,14H2,1H3,(H,23,24). The largest absolute Gasteiger partial charge is 0.322 e. The van der Waals surface area contributed by atoms with Gasteiger partial charge in [-0.1, -0.05) is 48.0 Å². The minimum Gasteiger partial charge on any atom is -0.322 e. The maximum atomic E-state index is 12.5. The highest BCUT2D eigenvalue weighted by Crippen LogP contribution is 2.21. The molecule has 0 saturated heterocycles. The van der Waals surface area contributed by atoms with Gasteiger partial charge in [0.2, 0.25) is 0 Å². The van der Waals surface area contributed by atoms with E-state index in [1.807, 2.05) is 13.0 Å². The Balaban J connectivity index is 1.79. The van der Waals surface area contributed by atoms with Crippen LogP contribution in [0.4, 0.5) is 5.69 Å². The lowest BCUT2D eigenvalue weighted by Gasteiger charge is -2.09. The molecular formula is C21H18ClNO3S. The van der Waals surface area contributed by atoms with E-state index in [0.717, 1.165) is 5.56 Å². The topological polar surface area (TPSA) is 63.2 Å². The summed E-state index contributed by atoms with van der Waals surface area (Å²) in [4.78, 5) is 12.8. The molecule has 27 heavy (non-hydrogen) atoms. The maximum absolute atomic E-state index is 12.5. The van der Waals surface area contributed by atoms with E-state index in [0.29, 0.717) is 21.8 Å². The Kier molecular flexibility index (Phi) is 5.63. The van der Waals surface area contributed by atoms with Crippen molar-refractivity contribution < 1.29 is 13.2 Å². The fourth-order valence-electron chi connectivity index (χ4n) is 2.61. The van der Waals surface area contributed by atoms with Gasteiger partial charge in [-0.25, -0.2) is 8.42 Å². The normalized spacial score (nSPS) is 11.2. The number of amides is 1. The molecule has 0 fully saturated rings. The summed E-state index contributed by atoms with van der Waals surface area (Å²) in [5.41, 5.74) is 2.43. The minimum absolute atomic E-state index is 0.172. The summed E-state index contributed by atoms with van der Waals surface area (Å²) in [5, 5.41) is 3.34. The maximum Gasteiger partial charge on any atom is 0.255 e. The zero-order chi connectivity index (χ0) is 19.4. The smallest absolute Gasteiger partial charge is 0.255 e. The van der Waals surface area contributed by atoms with Gasteiger partial charge in [-0.15, -0.1) is 0 Å². The monoisotopic (exact) mass is 399 g/mol. The van der Waals surface area contributed by atoms with E-state index < -0.39 is 9.84 Å². The van der Waals surface area contributed by atoms with Crippen LogP contribution in [-0.4, -0.2) is 14.3 Å². The summed E-state index contributed by atoms with van der Waals surface area (Å²) in [7, 11) is -3.47. The second-order valence-electron chi connectivity index (χ2n) is 6.19. The van der Waals surface area contributed by atoms with Crippen molar-refractivity contribution in [3.63, 3.8) is 0 Å². The van der Waals surface area contributed by atoms with Crippen molar-refractivity contribution in [2.24, 2.45) is 0 Å². The first-order valence-electron chi connectivity index (χ1n) is 8.29. The van der Waals surface area contributed by atoms with Crippen molar-refractivity contribution in [1.82, 2.24) is 0 Å². The molecule has 3 aromatic carbocycles. The van der Waals surface area contributed by atoms with Crippen LogP contribution in [0.2, 0.25) is 5.02 Å². The van der Waals surface area contributed by atoms with Gasteiger partial charge in [0, 0.05) is 16.3 Å². The molecule has 0 aliphatic carbocycles. The molecule has 6 heteroatoms. The molecule has 3 aromatic rings. The number of nitrogens with one attached hydrogen (secondary N) is 1. The lowest BCUT2D eigenvalue weighted by Crippen LogP contribution is -2.13. The van der Waals surface area contributed by atoms with Gasteiger partial charge in [0.1, 0.15) is 0 Å². The first kappa shape index (κ1) is 19.1. The molecular weight excluding hydrogens is 382 g/mol. The molecule has 1 amide bonds. The van der Waals surface area contributed by atoms with Crippen LogP contribution in [0.25, 0.3) is 0 Å². The Morgan fingerprint density at radius 3 is 2.41 bits per heavy atom. The number of carbonyl (C=O) groups excluding carboxylic acids is 1. The van der Waals surface area contributed by atoms with Gasteiger partial charge in [-0.05, 0) is 54.4 Å². The zero-order valence-electron chi connectivity index (χ0n) is 14.6. The highest BCUT2D eigenvalue weighted by molar-refractivity contribution is 7.90. The van der Waals surface area contributed by atoms with Gasteiger partial charge in [0.25, 0.3) is 5.91 Å². The predicted octanol–water partition coefficient (Wildman–Crippen LogP) is 4.87. The molecule has 0 radical (unpaired) electrons. The Labute approximate surface area is 163 Å². The van der Waals surface area contributed by atoms with Crippen LogP contribution in [0.5, 0.6) is 0 Å². The summed E-state index contributed by atoms with van der Waals surface area (Å²) < 4.78 is 25.1. The molecule has 0 saturated carbocycles. The third-order valence-electron chi connectivity index (χ3n) is 4.08. The molecule has 0 atom stereocenters. The summed E-state index contributed by atoms with van der Waals surface area (Å²) in [6.07, 6.45) is 0. The first-order valence-corrected chi connectivity index (χ1v) is 10.3. The van der Waals surface area contributed by atoms with Crippen LogP contribution in [0.15, 0.2) is 77.7 Å². The number of rotatable bonds is 5. The van der Waals surface area contributed by atoms with Crippen molar-refractivity contribution >= 4 is 33.0 Å². The van der Waals surface area contributed by atoms with Gasteiger partial charge >= 0.3 is 0 Å². The quantitative estimate of drug-likeness (QED) is 0.665. The van der Waals surface area contributed by atoms with Crippen LogP contribution in [-0.2, 0) is 15.6 Å². The number of sulfone groups is 1. The number of halogens is 1. The number of anilines is 1. The average molecular weight is 400 g/mol. The third-order valence-corrected chi connectivity index (χ3v) is 6.19. The summed E-state index contributed by atoms with van der Waals surface area (Å²) in [6, 6.07) is 20.1. The first-order chi connectivity index (χ1) is 12.8. The zero-order valence-corrected chi connectivity index (χ0v) is 16.2. The van der Waals surface area contributed by atoms with Gasteiger partial charge in [0.05, 0.1) is 10.6 Å². The van der Waals surface area contributed by atoms with Crippen molar-refractivity contribution in [2.45, 2.75) is 17.6 Å². The fourth-order valence-corrected chi connectivity index (χ4v) is 4.14. The third kappa shape index (κ3) is 4.76. The van der Waals surface area contributed by atoms with Gasteiger partial charge in [0.15, 0.2) is 9.84 Å². The van der Waals surface area contributed by atoms with E-state index in [1.54, 1.807) is 66.7 Å². The molecule has 3 rings (SSSR count). The SMILES string of the molecule is Cc1ccc(NC(=O)c2cccc(CS(=O)(=O)c3ccccc3)c2)cc1Cl. The summed E-state index contributed by atoms with van der Waals surface area (Å²) in [5.74, 6) is -0.497. The molecule has 0 bridgehead atoms. The fraction of sp³-hybridized carbons (Fsp3) is 0.0952. The Morgan fingerprint density at radius 1 is 0.963 bits per heavy atom. The van der Waals surface area contributed by atoms with Gasteiger partial charge < -0.3 is 5.32 Å². The molecule has 1 N–H and O–H groups in total. The number of hydrogen-bond acceptors (Lipinski definition) is 3. The van der Waals surface area contributed by atoms with Crippen LogP contribution in [0.1, 0.15) is 21.5 Å². The molecule has 4 nitrogen and oxygen atoms in total. The summed E-state index contributed by atoms with van der Waals surface area (Å²) >= 11 is 6.08.